The predicted octanol–water partition coefficient (Wildman–Crippen LogP) is 2.97. The van der Waals surface area contributed by atoms with E-state index >= 15 is 0 Å². The first-order valence-electron chi connectivity index (χ1n) is 7.37. The minimum atomic E-state index is 0.0271. The summed E-state index contributed by atoms with van der Waals surface area (Å²) in [7, 11) is 0. The third-order valence-electron chi connectivity index (χ3n) is 3.97. The van der Waals surface area contributed by atoms with Crippen molar-refractivity contribution in [3.63, 3.8) is 0 Å². The number of hydrogen-bond donors (Lipinski definition) is 0. The molecular formula is C15H19BrN2O2S. The number of carbonyl (C=O) groups excluding carboxylic acids is 1. The van der Waals surface area contributed by atoms with E-state index in [2.05, 4.69) is 20.9 Å². The Morgan fingerprint density at radius 1 is 1.48 bits per heavy atom. The van der Waals surface area contributed by atoms with Gasteiger partial charge >= 0.3 is 0 Å². The van der Waals surface area contributed by atoms with Gasteiger partial charge < -0.3 is 9.64 Å². The minimum absolute atomic E-state index is 0.0271. The topological polar surface area (TPSA) is 42.4 Å². The van der Waals surface area contributed by atoms with Crippen LogP contribution < -0.4 is 0 Å². The molecule has 21 heavy (non-hydrogen) atoms. The molecule has 114 valence electrons. The zero-order valence-electron chi connectivity index (χ0n) is 11.8. The van der Waals surface area contributed by atoms with Crippen LogP contribution in [0.4, 0.5) is 0 Å². The maximum absolute atomic E-state index is 12.8. The number of carbonyl (C=O) groups is 1. The molecular weight excluding hydrogens is 352 g/mol. The molecule has 1 amide bonds. The quantitative estimate of drug-likeness (QED) is 0.764. The molecule has 0 N–H and O–H groups in total. The number of halogens is 1. The molecule has 0 aliphatic carbocycles. The maximum Gasteiger partial charge on any atom is 0.272 e. The minimum Gasteiger partial charge on any atom is -0.376 e. The van der Waals surface area contributed by atoms with Crippen molar-refractivity contribution in [2.24, 2.45) is 0 Å². The number of nitrogens with zero attached hydrogens (tertiary/aromatic N) is 2. The molecule has 1 aromatic heterocycles. The van der Waals surface area contributed by atoms with E-state index in [0.29, 0.717) is 22.9 Å². The third kappa shape index (κ3) is 3.79. The van der Waals surface area contributed by atoms with Crippen LogP contribution in [0.3, 0.4) is 0 Å². The van der Waals surface area contributed by atoms with E-state index < -0.39 is 0 Å². The fourth-order valence-corrected chi connectivity index (χ4v) is 4.42. The van der Waals surface area contributed by atoms with Crippen LogP contribution in [-0.2, 0) is 4.74 Å². The Balaban J connectivity index is 1.77. The smallest absolute Gasteiger partial charge is 0.272 e. The third-order valence-corrected chi connectivity index (χ3v) is 5.55. The van der Waals surface area contributed by atoms with Gasteiger partial charge in [-0.15, -0.1) is 0 Å². The Kier molecular flexibility index (Phi) is 5.19. The zero-order chi connectivity index (χ0) is 14.7. The monoisotopic (exact) mass is 370 g/mol. The first-order valence-corrected chi connectivity index (χ1v) is 9.31. The number of amides is 1. The molecule has 0 saturated carbocycles. The van der Waals surface area contributed by atoms with Crippen LogP contribution in [0, 0.1) is 0 Å². The molecule has 0 spiro atoms. The van der Waals surface area contributed by atoms with E-state index in [1.54, 1.807) is 6.07 Å². The average Bonchev–Trinajstić information content (AvgIpc) is 3.17. The Morgan fingerprint density at radius 3 is 3.05 bits per heavy atom. The molecule has 0 radical (unpaired) electrons. The van der Waals surface area contributed by atoms with E-state index in [0.717, 1.165) is 37.4 Å². The fourth-order valence-electron chi connectivity index (χ4n) is 2.85. The molecule has 6 heteroatoms. The van der Waals surface area contributed by atoms with Crippen molar-refractivity contribution >= 4 is 33.6 Å². The van der Waals surface area contributed by atoms with Gasteiger partial charge in [0.25, 0.3) is 5.91 Å². The highest BCUT2D eigenvalue weighted by molar-refractivity contribution is 9.10. The molecule has 2 aliphatic rings. The first-order chi connectivity index (χ1) is 10.2. The zero-order valence-corrected chi connectivity index (χ0v) is 14.2. The summed E-state index contributed by atoms with van der Waals surface area (Å²) in [4.78, 5) is 19.2. The highest BCUT2D eigenvalue weighted by atomic mass is 79.9. The lowest BCUT2D eigenvalue weighted by Gasteiger charge is -2.30. The van der Waals surface area contributed by atoms with Crippen LogP contribution in [0.15, 0.2) is 22.8 Å². The van der Waals surface area contributed by atoms with Gasteiger partial charge in [0.1, 0.15) is 10.3 Å². The van der Waals surface area contributed by atoms with Crippen LogP contribution in [0.5, 0.6) is 0 Å². The van der Waals surface area contributed by atoms with Gasteiger partial charge in [0, 0.05) is 24.9 Å². The van der Waals surface area contributed by atoms with Crippen molar-refractivity contribution in [3.8, 4) is 0 Å². The van der Waals surface area contributed by atoms with Gasteiger partial charge in [0.2, 0.25) is 0 Å². The van der Waals surface area contributed by atoms with Gasteiger partial charge in [-0.25, -0.2) is 4.98 Å². The number of aromatic nitrogens is 1. The van der Waals surface area contributed by atoms with Gasteiger partial charge in [0.05, 0.1) is 6.10 Å². The van der Waals surface area contributed by atoms with Gasteiger partial charge in [-0.2, -0.15) is 11.8 Å². The molecule has 1 aromatic rings. The number of rotatable bonds is 4. The number of hydrogen-bond acceptors (Lipinski definition) is 4. The standard InChI is InChI=1S/C15H19BrN2O2S/c16-14-5-1-4-13(17-14)15(19)18(11-6-8-21-10-11)9-12-3-2-7-20-12/h1,4-5,11-12H,2-3,6-10H2. The summed E-state index contributed by atoms with van der Waals surface area (Å²) < 4.78 is 6.42. The van der Waals surface area contributed by atoms with E-state index in [-0.39, 0.29) is 12.0 Å². The normalized spacial score (nSPS) is 25.2. The highest BCUT2D eigenvalue weighted by Crippen LogP contribution is 2.25. The fraction of sp³-hybridized carbons (Fsp3) is 0.600. The average molecular weight is 371 g/mol. The Hall–Kier alpha value is -0.590. The lowest BCUT2D eigenvalue weighted by atomic mass is 10.1. The molecule has 0 bridgehead atoms. The van der Waals surface area contributed by atoms with Crippen LogP contribution >= 0.6 is 27.7 Å². The largest absolute Gasteiger partial charge is 0.376 e. The van der Waals surface area contributed by atoms with E-state index in [1.807, 2.05) is 28.8 Å². The van der Waals surface area contributed by atoms with Crippen molar-refractivity contribution in [1.29, 1.82) is 0 Å². The van der Waals surface area contributed by atoms with Crippen LogP contribution in [0.2, 0.25) is 0 Å². The van der Waals surface area contributed by atoms with Gasteiger partial charge in [-0.1, -0.05) is 6.07 Å². The van der Waals surface area contributed by atoms with Crippen molar-refractivity contribution in [3.05, 3.63) is 28.5 Å². The lowest BCUT2D eigenvalue weighted by Crippen LogP contribution is -2.45. The number of thioether (sulfide) groups is 1. The molecule has 2 atom stereocenters. The van der Waals surface area contributed by atoms with Crippen molar-refractivity contribution in [2.75, 3.05) is 24.7 Å². The molecule has 2 saturated heterocycles. The van der Waals surface area contributed by atoms with Crippen molar-refractivity contribution in [1.82, 2.24) is 9.88 Å². The summed E-state index contributed by atoms with van der Waals surface area (Å²) in [6.07, 6.45) is 3.40. The van der Waals surface area contributed by atoms with Crippen LogP contribution in [-0.4, -0.2) is 52.6 Å². The molecule has 2 aliphatic heterocycles. The maximum atomic E-state index is 12.8. The molecule has 0 aromatic carbocycles. The molecule has 2 unspecified atom stereocenters. The summed E-state index contributed by atoms with van der Waals surface area (Å²) in [5.74, 6) is 2.18. The summed E-state index contributed by atoms with van der Waals surface area (Å²) >= 11 is 5.26. The number of pyridine rings is 1. The Morgan fingerprint density at radius 2 is 2.38 bits per heavy atom. The second-order valence-electron chi connectivity index (χ2n) is 5.46. The van der Waals surface area contributed by atoms with Gasteiger partial charge in [-0.05, 0) is 53.1 Å². The highest BCUT2D eigenvalue weighted by Gasteiger charge is 2.31. The van der Waals surface area contributed by atoms with Crippen molar-refractivity contribution in [2.45, 2.75) is 31.4 Å². The van der Waals surface area contributed by atoms with E-state index in [4.69, 9.17) is 4.74 Å². The Bertz CT molecular complexity index is 502. The van der Waals surface area contributed by atoms with Crippen molar-refractivity contribution < 1.29 is 9.53 Å². The van der Waals surface area contributed by atoms with Gasteiger partial charge in [-0.3, -0.25) is 4.79 Å². The molecule has 3 heterocycles. The molecule has 2 fully saturated rings. The number of ether oxygens (including phenoxy) is 1. The summed E-state index contributed by atoms with van der Waals surface area (Å²) in [5, 5.41) is 0. The Labute approximate surface area is 137 Å². The van der Waals surface area contributed by atoms with E-state index in [9.17, 15) is 4.79 Å². The second kappa shape index (κ2) is 7.11. The molecule has 4 nitrogen and oxygen atoms in total. The first kappa shape index (κ1) is 15.3. The summed E-state index contributed by atoms with van der Waals surface area (Å²) in [6.45, 7) is 1.51. The second-order valence-corrected chi connectivity index (χ2v) is 7.42. The van der Waals surface area contributed by atoms with Crippen LogP contribution in [0.1, 0.15) is 29.8 Å². The summed E-state index contributed by atoms with van der Waals surface area (Å²) in [5.41, 5.74) is 0.513. The predicted molar refractivity (Wildman–Crippen MR) is 87.7 cm³/mol. The van der Waals surface area contributed by atoms with Crippen LogP contribution in [0.25, 0.3) is 0 Å². The molecule has 3 rings (SSSR count). The van der Waals surface area contributed by atoms with Gasteiger partial charge in [0.15, 0.2) is 0 Å². The SMILES string of the molecule is O=C(c1cccc(Br)n1)N(CC1CCCO1)C1CCSC1. The lowest BCUT2D eigenvalue weighted by molar-refractivity contribution is 0.0437. The van der Waals surface area contributed by atoms with E-state index in [1.165, 1.54) is 0 Å². The summed E-state index contributed by atoms with van der Waals surface area (Å²) in [6, 6.07) is 5.80.